The van der Waals surface area contributed by atoms with E-state index < -0.39 is 10.0 Å². The average Bonchev–Trinajstić information content (AvgIpc) is 3.20. The van der Waals surface area contributed by atoms with E-state index in [1.54, 1.807) is 11.9 Å². The van der Waals surface area contributed by atoms with Crippen LogP contribution in [0, 0.1) is 0 Å². The molecule has 0 bridgehead atoms. The molecule has 0 spiro atoms. The zero-order valence-corrected chi connectivity index (χ0v) is 18.4. The monoisotopic (exact) mass is 455 g/mol. The molecular formula is C17H21N5O4S3. The van der Waals surface area contributed by atoms with Gasteiger partial charge in [0.2, 0.25) is 21.1 Å². The summed E-state index contributed by atoms with van der Waals surface area (Å²) in [5.74, 6) is 0.0613. The SMILES string of the molecule is CNc1nnc(SCC(=O)N2CCN(S(=O)(=O)c3ccc(C(C)=O)cc3)CC2)s1. The van der Waals surface area contributed by atoms with E-state index in [2.05, 4.69) is 15.5 Å². The number of rotatable bonds is 7. The zero-order valence-electron chi connectivity index (χ0n) is 16.0. The van der Waals surface area contributed by atoms with Gasteiger partial charge in [0.15, 0.2) is 10.1 Å². The van der Waals surface area contributed by atoms with Crippen molar-refractivity contribution in [2.75, 3.05) is 44.3 Å². The Morgan fingerprint density at radius 2 is 1.79 bits per heavy atom. The molecule has 12 heteroatoms. The molecule has 0 radical (unpaired) electrons. The molecule has 2 heterocycles. The molecule has 0 aliphatic carbocycles. The van der Waals surface area contributed by atoms with Crippen LogP contribution in [0.2, 0.25) is 0 Å². The van der Waals surface area contributed by atoms with Gasteiger partial charge in [0.1, 0.15) is 0 Å². The zero-order chi connectivity index (χ0) is 21.0. The molecule has 1 amide bonds. The molecule has 1 fully saturated rings. The number of piperazine rings is 1. The fourth-order valence-corrected chi connectivity index (χ4v) is 5.80. The van der Waals surface area contributed by atoms with Crippen molar-refractivity contribution in [2.24, 2.45) is 0 Å². The first kappa shape index (κ1) is 21.7. The van der Waals surface area contributed by atoms with E-state index in [1.807, 2.05) is 0 Å². The Morgan fingerprint density at radius 1 is 1.14 bits per heavy atom. The maximum absolute atomic E-state index is 12.8. The third-order valence-corrected chi connectivity index (χ3v) is 8.40. The predicted octanol–water partition coefficient (Wildman–Crippen LogP) is 1.41. The molecule has 0 atom stereocenters. The molecule has 1 aliphatic rings. The highest BCUT2D eigenvalue weighted by atomic mass is 32.2. The Bertz CT molecular complexity index is 983. The van der Waals surface area contributed by atoms with E-state index in [0.29, 0.717) is 28.1 Å². The molecule has 9 nitrogen and oxygen atoms in total. The number of nitrogens with zero attached hydrogens (tertiary/aromatic N) is 4. The van der Waals surface area contributed by atoms with Gasteiger partial charge in [0.25, 0.3) is 0 Å². The summed E-state index contributed by atoms with van der Waals surface area (Å²) in [5.41, 5.74) is 0.467. The van der Waals surface area contributed by atoms with Crippen molar-refractivity contribution in [1.29, 1.82) is 0 Å². The number of ketones is 1. The molecule has 1 saturated heterocycles. The molecule has 1 aliphatic heterocycles. The third kappa shape index (κ3) is 5.13. The van der Waals surface area contributed by atoms with Gasteiger partial charge in [0.05, 0.1) is 10.6 Å². The minimum Gasteiger partial charge on any atom is -0.363 e. The standard InChI is InChI=1S/C17H21N5O4S3/c1-12(23)13-3-5-14(6-4-13)29(25,26)22-9-7-21(8-10-22)15(24)11-27-17-20-19-16(18-2)28-17/h3-6H,7-11H2,1-2H3,(H,18,19). The number of carbonyl (C=O) groups excluding carboxylic acids is 2. The van der Waals surface area contributed by atoms with Gasteiger partial charge in [-0.3, -0.25) is 9.59 Å². The van der Waals surface area contributed by atoms with Crippen LogP contribution in [0.15, 0.2) is 33.5 Å². The quantitative estimate of drug-likeness (QED) is 0.493. The Labute approximate surface area is 177 Å². The van der Waals surface area contributed by atoms with Crippen LogP contribution < -0.4 is 5.32 Å². The van der Waals surface area contributed by atoms with Crippen LogP contribution in [0.25, 0.3) is 0 Å². The largest absolute Gasteiger partial charge is 0.363 e. The number of aromatic nitrogens is 2. The van der Waals surface area contributed by atoms with Crippen molar-refractivity contribution < 1.29 is 18.0 Å². The Kier molecular flexibility index (Phi) is 6.88. The van der Waals surface area contributed by atoms with Crippen molar-refractivity contribution in [2.45, 2.75) is 16.2 Å². The molecule has 1 aromatic heterocycles. The molecule has 1 N–H and O–H groups in total. The first-order valence-electron chi connectivity index (χ1n) is 8.84. The minimum atomic E-state index is -3.65. The first-order valence-corrected chi connectivity index (χ1v) is 12.1. The van der Waals surface area contributed by atoms with Gasteiger partial charge in [-0.25, -0.2) is 8.42 Å². The summed E-state index contributed by atoms with van der Waals surface area (Å²) in [6, 6.07) is 5.92. The highest BCUT2D eigenvalue weighted by Gasteiger charge is 2.30. The van der Waals surface area contributed by atoms with E-state index in [-0.39, 0.29) is 35.4 Å². The maximum Gasteiger partial charge on any atom is 0.243 e. The Morgan fingerprint density at radius 3 is 2.34 bits per heavy atom. The van der Waals surface area contributed by atoms with Crippen molar-refractivity contribution in [3.8, 4) is 0 Å². The number of amides is 1. The second-order valence-corrected chi connectivity index (χ2v) is 10.4. The number of hydrogen-bond donors (Lipinski definition) is 1. The molecular weight excluding hydrogens is 434 g/mol. The molecule has 0 unspecified atom stereocenters. The van der Waals surface area contributed by atoms with Crippen molar-refractivity contribution in [1.82, 2.24) is 19.4 Å². The number of sulfonamides is 1. The van der Waals surface area contributed by atoms with Gasteiger partial charge < -0.3 is 10.2 Å². The molecule has 29 heavy (non-hydrogen) atoms. The van der Waals surface area contributed by atoms with Crippen LogP contribution in [0.5, 0.6) is 0 Å². The topological polar surface area (TPSA) is 113 Å². The highest BCUT2D eigenvalue weighted by molar-refractivity contribution is 8.01. The average molecular weight is 456 g/mol. The van der Waals surface area contributed by atoms with Gasteiger partial charge in [-0.2, -0.15) is 4.31 Å². The van der Waals surface area contributed by atoms with E-state index in [1.165, 1.54) is 58.6 Å². The molecule has 156 valence electrons. The van der Waals surface area contributed by atoms with Crippen molar-refractivity contribution >= 4 is 49.9 Å². The van der Waals surface area contributed by atoms with E-state index >= 15 is 0 Å². The van der Waals surface area contributed by atoms with Crippen LogP contribution in [-0.4, -0.2) is 78.5 Å². The van der Waals surface area contributed by atoms with Gasteiger partial charge in [-0.15, -0.1) is 10.2 Å². The molecule has 1 aromatic carbocycles. The van der Waals surface area contributed by atoms with Gasteiger partial charge in [-0.05, 0) is 19.1 Å². The van der Waals surface area contributed by atoms with Crippen LogP contribution in [0.3, 0.4) is 0 Å². The highest BCUT2D eigenvalue weighted by Crippen LogP contribution is 2.25. The van der Waals surface area contributed by atoms with E-state index in [0.717, 1.165) is 0 Å². The van der Waals surface area contributed by atoms with Crippen LogP contribution >= 0.6 is 23.1 Å². The third-order valence-electron chi connectivity index (χ3n) is 4.43. The summed E-state index contributed by atoms with van der Waals surface area (Å²) < 4.78 is 27.7. The number of thioether (sulfide) groups is 1. The smallest absolute Gasteiger partial charge is 0.243 e. The normalized spacial score (nSPS) is 15.3. The summed E-state index contributed by atoms with van der Waals surface area (Å²) in [5, 5.41) is 11.5. The van der Waals surface area contributed by atoms with Gasteiger partial charge in [0, 0.05) is 38.8 Å². The maximum atomic E-state index is 12.8. The summed E-state index contributed by atoms with van der Waals surface area (Å²) in [6.45, 7) is 2.57. The van der Waals surface area contributed by atoms with Crippen LogP contribution in [-0.2, 0) is 14.8 Å². The molecule has 0 saturated carbocycles. The number of benzene rings is 1. The number of anilines is 1. The fourth-order valence-electron chi connectivity index (χ4n) is 2.77. The first-order chi connectivity index (χ1) is 13.8. The van der Waals surface area contributed by atoms with Crippen LogP contribution in [0.4, 0.5) is 5.13 Å². The Balaban J connectivity index is 1.54. The lowest BCUT2D eigenvalue weighted by Crippen LogP contribution is -2.50. The summed E-state index contributed by atoms with van der Waals surface area (Å²) in [6.07, 6.45) is 0. The second kappa shape index (κ2) is 9.20. The number of hydrogen-bond acceptors (Lipinski definition) is 9. The molecule has 3 rings (SSSR count). The number of carbonyl (C=O) groups is 2. The Hall–Kier alpha value is -2.02. The van der Waals surface area contributed by atoms with E-state index in [9.17, 15) is 18.0 Å². The lowest BCUT2D eigenvalue weighted by atomic mass is 10.2. The summed E-state index contributed by atoms with van der Waals surface area (Å²) in [4.78, 5) is 25.6. The van der Waals surface area contributed by atoms with Crippen molar-refractivity contribution in [3.63, 3.8) is 0 Å². The molecule has 2 aromatic rings. The second-order valence-electron chi connectivity index (χ2n) is 6.28. The van der Waals surface area contributed by atoms with Gasteiger partial charge in [-0.1, -0.05) is 35.2 Å². The fraction of sp³-hybridized carbons (Fsp3) is 0.412. The van der Waals surface area contributed by atoms with Gasteiger partial charge >= 0.3 is 0 Å². The van der Waals surface area contributed by atoms with Crippen LogP contribution in [0.1, 0.15) is 17.3 Å². The summed E-state index contributed by atoms with van der Waals surface area (Å²) >= 11 is 2.70. The predicted molar refractivity (Wildman–Crippen MR) is 112 cm³/mol. The summed E-state index contributed by atoms with van der Waals surface area (Å²) in [7, 11) is -1.90. The lowest BCUT2D eigenvalue weighted by Gasteiger charge is -2.34. The van der Waals surface area contributed by atoms with E-state index in [4.69, 9.17) is 0 Å². The minimum absolute atomic E-state index is 0.0564. The lowest BCUT2D eigenvalue weighted by molar-refractivity contribution is -0.129. The number of nitrogens with one attached hydrogen (secondary N) is 1. The number of Topliss-reactive ketones (excluding diaryl/α,β-unsaturated/α-hetero) is 1. The van der Waals surface area contributed by atoms with Crippen molar-refractivity contribution in [3.05, 3.63) is 29.8 Å².